The van der Waals surface area contributed by atoms with Crippen molar-refractivity contribution < 1.29 is 9.18 Å². The van der Waals surface area contributed by atoms with E-state index in [-0.39, 0.29) is 11.7 Å². The molecule has 0 aliphatic heterocycles. The Morgan fingerprint density at radius 3 is 2.61 bits per heavy atom. The van der Waals surface area contributed by atoms with Gasteiger partial charge in [0.15, 0.2) is 0 Å². The average molecular weight is 308 g/mol. The molecule has 4 heteroatoms. The number of amides is 1. The smallest absolute Gasteiger partial charge is 0.256 e. The summed E-state index contributed by atoms with van der Waals surface area (Å²) in [6, 6.07) is 11.5. The molecule has 0 saturated carbocycles. The minimum Gasteiger partial charge on any atom is -0.322 e. The van der Waals surface area contributed by atoms with E-state index < -0.39 is 0 Å². The van der Waals surface area contributed by atoms with Crippen molar-refractivity contribution in [2.75, 3.05) is 5.32 Å². The van der Waals surface area contributed by atoms with Crippen molar-refractivity contribution in [3.63, 3.8) is 0 Å². The molecular weight excluding hydrogens is 297 g/mol. The lowest BCUT2D eigenvalue weighted by atomic mass is 10.2. The first-order valence-electron chi connectivity index (χ1n) is 5.39. The molecule has 0 spiro atoms. The molecule has 0 heterocycles. The summed E-state index contributed by atoms with van der Waals surface area (Å²) >= 11 is 3.30. The van der Waals surface area contributed by atoms with Gasteiger partial charge in [0.05, 0.1) is 5.56 Å². The maximum atomic E-state index is 13.2. The van der Waals surface area contributed by atoms with E-state index >= 15 is 0 Å². The number of carbonyl (C=O) groups excluding carboxylic acids is 1. The quantitative estimate of drug-likeness (QED) is 0.887. The van der Waals surface area contributed by atoms with Gasteiger partial charge in [0, 0.05) is 10.2 Å². The summed E-state index contributed by atoms with van der Waals surface area (Å²) in [5, 5.41) is 2.67. The lowest BCUT2D eigenvalue weighted by Crippen LogP contribution is -2.12. The largest absolute Gasteiger partial charge is 0.322 e. The molecule has 0 radical (unpaired) electrons. The molecule has 2 nitrogen and oxygen atoms in total. The molecule has 0 aliphatic rings. The second-order valence-corrected chi connectivity index (χ2v) is 4.81. The average Bonchev–Trinajstić information content (AvgIpc) is 2.27. The molecule has 2 aromatic rings. The lowest BCUT2D eigenvalue weighted by Gasteiger charge is -2.07. The van der Waals surface area contributed by atoms with E-state index in [0.29, 0.717) is 15.7 Å². The number of halogens is 2. The van der Waals surface area contributed by atoms with Gasteiger partial charge in [0.2, 0.25) is 0 Å². The van der Waals surface area contributed by atoms with Gasteiger partial charge in [-0.25, -0.2) is 4.39 Å². The van der Waals surface area contributed by atoms with E-state index in [1.807, 2.05) is 6.07 Å². The topological polar surface area (TPSA) is 29.1 Å². The Labute approximate surface area is 113 Å². The van der Waals surface area contributed by atoms with Crippen molar-refractivity contribution in [2.45, 2.75) is 6.92 Å². The first-order valence-corrected chi connectivity index (χ1v) is 6.18. The Morgan fingerprint density at radius 2 is 1.94 bits per heavy atom. The maximum Gasteiger partial charge on any atom is 0.256 e. The van der Waals surface area contributed by atoms with Crippen molar-refractivity contribution in [1.82, 2.24) is 0 Å². The van der Waals surface area contributed by atoms with Gasteiger partial charge in [-0.15, -0.1) is 0 Å². The Balaban J connectivity index is 2.24. The highest BCUT2D eigenvalue weighted by Gasteiger charge is 2.09. The molecular formula is C14H11BrFNO. The molecule has 2 aromatic carbocycles. The van der Waals surface area contributed by atoms with Crippen LogP contribution in [0.3, 0.4) is 0 Å². The van der Waals surface area contributed by atoms with Gasteiger partial charge in [-0.2, -0.15) is 0 Å². The van der Waals surface area contributed by atoms with Gasteiger partial charge >= 0.3 is 0 Å². The molecule has 0 atom stereocenters. The van der Waals surface area contributed by atoms with E-state index in [2.05, 4.69) is 21.2 Å². The Hall–Kier alpha value is -1.68. The predicted molar refractivity (Wildman–Crippen MR) is 73.2 cm³/mol. The highest BCUT2D eigenvalue weighted by atomic mass is 79.9. The van der Waals surface area contributed by atoms with Gasteiger partial charge in [-0.3, -0.25) is 4.79 Å². The lowest BCUT2D eigenvalue weighted by molar-refractivity contribution is 0.102. The summed E-state index contributed by atoms with van der Waals surface area (Å²) in [6.45, 7) is 1.77. The third-order valence-electron chi connectivity index (χ3n) is 2.42. The molecule has 0 aromatic heterocycles. The second kappa shape index (κ2) is 5.31. The molecule has 0 saturated heterocycles. The van der Waals surface area contributed by atoms with Gasteiger partial charge in [-0.1, -0.05) is 12.1 Å². The zero-order valence-corrected chi connectivity index (χ0v) is 11.3. The number of hydrogen-bond acceptors (Lipinski definition) is 1. The first kappa shape index (κ1) is 12.8. The summed E-state index contributed by atoms with van der Waals surface area (Å²) in [7, 11) is 0. The fourth-order valence-corrected chi connectivity index (χ4v) is 2.12. The third-order valence-corrected chi connectivity index (χ3v) is 3.11. The Kier molecular flexibility index (Phi) is 3.77. The van der Waals surface area contributed by atoms with Crippen LogP contribution < -0.4 is 5.32 Å². The molecule has 1 N–H and O–H groups in total. The van der Waals surface area contributed by atoms with Crippen molar-refractivity contribution in [1.29, 1.82) is 0 Å². The highest BCUT2D eigenvalue weighted by Crippen LogP contribution is 2.19. The van der Waals surface area contributed by atoms with Crippen LogP contribution in [0, 0.1) is 12.7 Å². The summed E-state index contributed by atoms with van der Waals surface area (Å²) in [5.74, 6) is -0.634. The van der Waals surface area contributed by atoms with Crippen molar-refractivity contribution in [2.24, 2.45) is 0 Å². The number of benzene rings is 2. The number of aryl methyl sites for hydroxylation is 1. The minimum atomic E-state index is -0.363. The molecule has 0 unspecified atom stereocenters. The van der Waals surface area contributed by atoms with Crippen LogP contribution in [0.5, 0.6) is 0 Å². The summed E-state index contributed by atoms with van der Waals surface area (Å²) in [4.78, 5) is 12.0. The van der Waals surface area contributed by atoms with Gasteiger partial charge < -0.3 is 5.32 Å². The minimum absolute atomic E-state index is 0.271. The van der Waals surface area contributed by atoms with Crippen LogP contribution in [0.25, 0.3) is 0 Å². The summed E-state index contributed by atoms with van der Waals surface area (Å²) in [6.07, 6.45) is 0. The fraction of sp³-hybridized carbons (Fsp3) is 0.0714. The van der Waals surface area contributed by atoms with E-state index in [4.69, 9.17) is 0 Å². The van der Waals surface area contributed by atoms with Crippen LogP contribution in [0.2, 0.25) is 0 Å². The number of anilines is 1. The van der Waals surface area contributed by atoms with E-state index in [1.165, 1.54) is 12.1 Å². The molecule has 1 amide bonds. The van der Waals surface area contributed by atoms with Crippen LogP contribution in [0.1, 0.15) is 15.9 Å². The van der Waals surface area contributed by atoms with Crippen LogP contribution in [-0.2, 0) is 0 Å². The summed E-state index contributed by atoms with van der Waals surface area (Å²) in [5.41, 5.74) is 1.73. The molecule has 92 valence electrons. The van der Waals surface area contributed by atoms with Crippen molar-refractivity contribution in [3.05, 3.63) is 63.9 Å². The van der Waals surface area contributed by atoms with Crippen LogP contribution in [0.15, 0.2) is 46.9 Å². The van der Waals surface area contributed by atoms with E-state index in [1.54, 1.807) is 31.2 Å². The Morgan fingerprint density at radius 1 is 1.22 bits per heavy atom. The molecule has 0 bridgehead atoms. The van der Waals surface area contributed by atoms with Crippen LogP contribution in [-0.4, -0.2) is 5.91 Å². The standard InChI is InChI=1S/C14H11BrFNO/c1-9-6-10(16)8-11(7-9)17-14(18)12-4-2-3-5-13(12)15/h2-8H,1H3,(H,17,18). The van der Waals surface area contributed by atoms with Crippen molar-refractivity contribution >= 4 is 27.5 Å². The number of nitrogens with one attached hydrogen (secondary N) is 1. The molecule has 0 fully saturated rings. The van der Waals surface area contributed by atoms with E-state index in [0.717, 1.165) is 5.56 Å². The SMILES string of the molecule is Cc1cc(F)cc(NC(=O)c2ccccc2Br)c1. The van der Waals surface area contributed by atoms with Crippen molar-refractivity contribution in [3.8, 4) is 0 Å². The third kappa shape index (κ3) is 2.96. The number of hydrogen-bond donors (Lipinski definition) is 1. The normalized spacial score (nSPS) is 10.2. The highest BCUT2D eigenvalue weighted by molar-refractivity contribution is 9.10. The maximum absolute atomic E-state index is 13.2. The van der Waals surface area contributed by atoms with Crippen LogP contribution in [0.4, 0.5) is 10.1 Å². The second-order valence-electron chi connectivity index (χ2n) is 3.95. The van der Waals surface area contributed by atoms with Gasteiger partial charge in [-0.05, 0) is 58.7 Å². The van der Waals surface area contributed by atoms with Gasteiger partial charge in [0.25, 0.3) is 5.91 Å². The molecule has 0 aliphatic carbocycles. The fourth-order valence-electron chi connectivity index (χ4n) is 1.65. The monoisotopic (exact) mass is 307 g/mol. The molecule has 18 heavy (non-hydrogen) atoms. The number of carbonyl (C=O) groups is 1. The zero-order chi connectivity index (χ0) is 13.1. The van der Waals surface area contributed by atoms with Crippen LogP contribution >= 0.6 is 15.9 Å². The first-order chi connectivity index (χ1) is 8.56. The summed E-state index contributed by atoms with van der Waals surface area (Å²) < 4.78 is 13.9. The Bertz CT molecular complexity index is 578. The molecule has 2 rings (SSSR count). The van der Waals surface area contributed by atoms with Gasteiger partial charge in [0.1, 0.15) is 5.82 Å². The predicted octanol–water partition coefficient (Wildman–Crippen LogP) is 4.15. The zero-order valence-electron chi connectivity index (χ0n) is 9.71. The number of rotatable bonds is 2. The van der Waals surface area contributed by atoms with E-state index in [9.17, 15) is 9.18 Å².